The van der Waals surface area contributed by atoms with Gasteiger partial charge in [-0.2, -0.15) is 23.5 Å². The van der Waals surface area contributed by atoms with Crippen LogP contribution in [0.1, 0.15) is 51.0 Å². The van der Waals surface area contributed by atoms with Gasteiger partial charge in [0.05, 0.1) is 24.2 Å². The molecular weight excluding hydrogens is 921 g/mol. The van der Waals surface area contributed by atoms with Gasteiger partial charge in [0, 0.05) is 37.4 Å². The first-order valence-corrected chi connectivity index (χ1v) is 23.5. The molecule has 2 aliphatic heterocycles. The molecule has 2 aliphatic rings. The summed E-state index contributed by atoms with van der Waals surface area (Å²) in [7, 11) is 0. The third-order valence-electron chi connectivity index (χ3n) is 10.3. The number of nitrogens with zero attached hydrogens (tertiary/aromatic N) is 2. The number of aliphatic hydroxyl groups excluding tert-OH is 1. The smallest absolute Gasteiger partial charge is 0.327 e. The molecule has 17 N–H and O–H groups in total. The summed E-state index contributed by atoms with van der Waals surface area (Å²) in [6, 6.07) is -4.74. The summed E-state index contributed by atoms with van der Waals surface area (Å²) in [6.45, 7) is 0.639. The zero-order valence-electron chi connectivity index (χ0n) is 36.8. The van der Waals surface area contributed by atoms with E-state index in [1.807, 2.05) is 0 Å². The highest BCUT2D eigenvalue weighted by molar-refractivity contribution is 8.01. The van der Waals surface area contributed by atoms with Crippen LogP contribution in [0.25, 0.3) is 0 Å². The number of aliphatic carboxylic acids is 1. The second-order valence-electron chi connectivity index (χ2n) is 15.7. The first-order chi connectivity index (χ1) is 31.7. The molecule has 0 radical (unpaired) electrons. The Morgan fingerprint density at radius 3 is 2.04 bits per heavy atom. The lowest BCUT2D eigenvalue weighted by molar-refractivity contribution is -0.144. The van der Waals surface area contributed by atoms with Gasteiger partial charge in [-0.3, -0.25) is 48.1 Å². The number of primary amides is 1. The molecule has 2 fully saturated rings. The van der Waals surface area contributed by atoms with Gasteiger partial charge in [-0.25, -0.2) is 4.79 Å². The van der Waals surface area contributed by atoms with Crippen molar-refractivity contribution in [2.75, 3.05) is 42.6 Å². The third-order valence-corrected chi connectivity index (χ3v) is 12.5. The van der Waals surface area contributed by atoms with Crippen LogP contribution >= 0.6 is 23.5 Å². The number of phenols is 1. The lowest BCUT2D eigenvalue weighted by Gasteiger charge is -2.31. The maximum Gasteiger partial charge on any atom is 0.327 e. The number of carboxylic acids is 1. The summed E-state index contributed by atoms with van der Waals surface area (Å²) in [5.74, 6) is -10.3. The van der Waals surface area contributed by atoms with Gasteiger partial charge in [0.2, 0.25) is 47.3 Å². The largest absolute Gasteiger partial charge is 0.508 e. The lowest BCUT2D eigenvalue weighted by Crippen LogP contribution is -2.61. The molecular formula is C40H60N12O13S2. The Morgan fingerprint density at radius 2 is 1.45 bits per heavy atom. The molecule has 0 saturated carbocycles. The lowest BCUT2D eigenvalue weighted by atomic mass is 10.0. The number of hydrogen-bond acceptors (Lipinski definition) is 16. The molecule has 8 atom stereocenters. The number of nitrogens with two attached hydrogens (primary N) is 4. The molecule has 27 heteroatoms. The quantitative estimate of drug-likeness (QED) is 0.0498. The maximum absolute atomic E-state index is 14.4. The van der Waals surface area contributed by atoms with Crippen molar-refractivity contribution in [2.24, 2.45) is 27.9 Å². The number of fused-ring (bicyclic) bond motifs is 1. The van der Waals surface area contributed by atoms with Crippen molar-refractivity contribution in [1.29, 1.82) is 0 Å². The molecule has 3 rings (SSSR count). The highest BCUT2D eigenvalue weighted by Gasteiger charge is 2.40. The number of Topliss-reactive ketones (excluding diaryl/α,β-unsaturated/α-hetero) is 1. The van der Waals surface area contributed by atoms with Crippen LogP contribution in [0.2, 0.25) is 0 Å². The molecule has 0 bridgehead atoms. The standard InChI is InChI=1S/C40H60N12O13S2/c1-20(53)32-37(62)48-24(4-2-12-45-40(43)44)33(58)47-25(10-11-30(42)56)34(59)49-26(14-21-6-8-22(54)9-7-21)38(63)52-13-3-5-29(52)36(61)50-28(39(64)65)19-67-17-23(55)16-66-18-27(35(60)51-32)46-31(57)15-41/h6-9,20,24-29,32,53-54H,2-5,10-19,41H2,1H3,(H2,42,56)(H,46,57)(H,47,58)(H,48,62)(H,49,59)(H,50,61)(H,51,60)(H,64,65)(H4,43,44,45)/t20-,24+,25+,26+,27+,28+,29+,32+/m1/s1. The van der Waals surface area contributed by atoms with Crippen molar-refractivity contribution in [1.82, 2.24) is 36.8 Å². The number of amides is 8. The summed E-state index contributed by atoms with van der Waals surface area (Å²) >= 11 is 1.82. The van der Waals surface area contributed by atoms with E-state index >= 15 is 0 Å². The Labute approximate surface area is 393 Å². The second kappa shape index (κ2) is 27.4. The van der Waals surface area contributed by atoms with E-state index in [0.29, 0.717) is 12.0 Å². The van der Waals surface area contributed by atoms with Gasteiger partial charge < -0.3 is 75.1 Å². The van der Waals surface area contributed by atoms with Crippen LogP contribution in [0, 0.1) is 0 Å². The molecule has 370 valence electrons. The predicted molar refractivity (Wildman–Crippen MR) is 244 cm³/mol. The Bertz CT molecular complexity index is 1990. The van der Waals surface area contributed by atoms with Gasteiger partial charge in [0.15, 0.2) is 11.7 Å². The zero-order valence-corrected chi connectivity index (χ0v) is 38.4. The van der Waals surface area contributed by atoms with Gasteiger partial charge in [0.1, 0.15) is 48.0 Å². The van der Waals surface area contributed by atoms with Gasteiger partial charge in [0.25, 0.3) is 0 Å². The summed E-state index contributed by atoms with van der Waals surface area (Å²) in [6.07, 6.45) is -2.35. The van der Waals surface area contributed by atoms with Gasteiger partial charge >= 0.3 is 5.97 Å². The molecule has 1 aromatic carbocycles. The Kier molecular flexibility index (Phi) is 22.6. The van der Waals surface area contributed by atoms with E-state index in [9.17, 15) is 63.3 Å². The molecule has 2 saturated heterocycles. The van der Waals surface area contributed by atoms with Crippen LogP contribution < -0.4 is 54.8 Å². The number of aliphatic imine (C=N–C) groups is 1. The topological polar surface area (TPSA) is 423 Å². The van der Waals surface area contributed by atoms with Crippen molar-refractivity contribution in [2.45, 2.75) is 100 Å². The van der Waals surface area contributed by atoms with E-state index in [1.165, 1.54) is 36.1 Å². The van der Waals surface area contributed by atoms with Crippen LogP contribution in [0.15, 0.2) is 29.3 Å². The number of nitrogens with one attached hydrogen (secondary N) is 6. The average molecular weight is 981 g/mol. The molecule has 0 spiro atoms. The van der Waals surface area contributed by atoms with Crippen LogP contribution in [0.5, 0.6) is 5.75 Å². The second-order valence-corrected chi connectivity index (χ2v) is 17.8. The van der Waals surface area contributed by atoms with Crippen molar-refractivity contribution in [3.05, 3.63) is 29.8 Å². The molecule has 8 amide bonds. The fourth-order valence-corrected chi connectivity index (χ4v) is 8.82. The number of ketones is 1. The van der Waals surface area contributed by atoms with E-state index in [4.69, 9.17) is 22.9 Å². The van der Waals surface area contributed by atoms with Crippen LogP contribution in [-0.2, 0) is 54.4 Å². The Morgan fingerprint density at radius 1 is 0.836 bits per heavy atom. The summed E-state index contributed by atoms with van der Waals surface area (Å²) in [5, 5.41) is 45.3. The van der Waals surface area contributed by atoms with E-state index in [1.54, 1.807) is 0 Å². The summed E-state index contributed by atoms with van der Waals surface area (Å²) < 4.78 is 0. The molecule has 25 nitrogen and oxygen atoms in total. The van der Waals surface area contributed by atoms with E-state index < -0.39 is 127 Å². The van der Waals surface area contributed by atoms with E-state index in [2.05, 4.69) is 36.9 Å². The number of benzene rings is 1. The number of carbonyl (C=O) groups excluding carboxylic acids is 9. The molecule has 1 aromatic rings. The van der Waals surface area contributed by atoms with Crippen molar-refractivity contribution < 1.29 is 63.3 Å². The van der Waals surface area contributed by atoms with Crippen LogP contribution in [0.3, 0.4) is 0 Å². The molecule has 2 heterocycles. The normalized spacial score (nSPS) is 25.0. The number of thioether (sulfide) groups is 2. The van der Waals surface area contributed by atoms with Gasteiger partial charge in [-0.1, -0.05) is 12.1 Å². The predicted octanol–water partition coefficient (Wildman–Crippen LogP) is -5.37. The van der Waals surface area contributed by atoms with Crippen LogP contribution in [-0.4, -0.2) is 176 Å². The SMILES string of the molecule is C[C@@H](O)[C@@H]1NC(=O)[C@@H](NC(=O)CN)CSCC(=O)CSC[C@@H](C(=O)O)NC(=O)[C@@H]2CCCN2C(=O)[C@H](Cc2ccc(O)cc2)NC(=O)[C@H](CCC(N)=O)NC(=O)[C@H](CCCN=C(N)N)NC1=O. The minimum atomic E-state index is -1.75. The molecule has 67 heavy (non-hydrogen) atoms. The number of rotatable bonds is 13. The number of hydrogen-bond donors (Lipinski definition) is 13. The van der Waals surface area contributed by atoms with Crippen molar-refractivity contribution >= 4 is 88.5 Å². The van der Waals surface area contributed by atoms with Crippen LogP contribution in [0.4, 0.5) is 0 Å². The number of phenolic OH excluding ortho intramolecular Hbond substituents is 1. The monoisotopic (exact) mass is 980 g/mol. The number of guanidine groups is 1. The minimum Gasteiger partial charge on any atom is -0.508 e. The number of carbonyl (C=O) groups is 10. The average Bonchev–Trinajstić information content (AvgIpc) is 3.77. The summed E-state index contributed by atoms with van der Waals surface area (Å²) in [5.41, 5.74) is 22.2. The zero-order chi connectivity index (χ0) is 49.8. The Hall–Kier alpha value is -6.19. The first kappa shape index (κ1) is 55.1. The van der Waals surface area contributed by atoms with Crippen molar-refractivity contribution in [3.63, 3.8) is 0 Å². The molecule has 0 aromatic heterocycles. The number of carboxylic acid groups (broad SMARTS) is 1. The third kappa shape index (κ3) is 18.5. The number of aromatic hydroxyl groups is 1. The fraction of sp³-hybridized carbons (Fsp3) is 0.575. The summed E-state index contributed by atoms with van der Waals surface area (Å²) in [4.78, 5) is 138. The molecule has 0 unspecified atom stereocenters. The van der Waals surface area contributed by atoms with Crippen molar-refractivity contribution in [3.8, 4) is 5.75 Å². The number of aliphatic hydroxyl groups is 1. The molecule has 0 aliphatic carbocycles. The fourth-order valence-electron chi connectivity index (χ4n) is 6.87. The highest BCUT2D eigenvalue weighted by Crippen LogP contribution is 2.22. The highest BCUT2D eigenvalue weighted by atomic mass is 32.2. The van der Waals surface area contributed by atoms with E-state index in [-0.39, 0.29) is 73.5 Å². The Balaban J connectivity index is 2.10. The first-order valence-electron chi connectivity index (χ1n) is 21.2. The van der Waals surface area contributed by atoms with E-state index in [0.717, 1.165) is 23.5 Å². The van der Waals surface area contributed by atoms with Gasteiger partial charge in [-0.15, -0.1) is 0 Å². The van der Waals surface area contributed by atoms with Gasteiger partial charge in [-0.05, 0) is 56.7 Å². The maximum atomic E-state index is 14.4. The minimum absolute atomic E-state index is 0.0287.